The molecule has 0 spiro atoms. The number of nitrogens with zero attached hydrogens (tertiary/aromatic N) is 6. The number of hydrogen-bond donors (Lipinski definition) is 1. The Hall–Kier alpha value is -4.19. The number of carbonyl (C=O) groups is 3. The number of Topliss-reactive ketones (excluding diaryl/α,β-unsaturated/α-hetero) is 1. The van der Waals surface area contributed by atoms with Crippen LogP contribution in [-0.2, 0) is 16.1 Å². The molecule has 1 N–H and O–H groups in total. The lowest BCUT2D eigenvalue weighted by atomic mass is 10.00. The van der Waals surface area contributed by atoms with E-state index in [0.29, 0.717) is 16.6 Å². The zero-order valence-corrected chi connectivity index (χ0v) is 24.5. The number of benzene rings is 1. The molecule has 1 saturated carbocycles. The molecule has 6 rings (SSSR count). The maximum absolute atomic E-state index is 13.1. The zero-order valence-electron chi connectivity index (χ0n) is 23.0. The van der Waals surface area contributed by atoms with E-state index in [2.05, 4.69) is 41.3 Å². The van der Waals surface area contributed by atoms with E-state index in [9.17, 15) is 14.4 Å². The van der Waals surface area contributed by atoms with Crippen molar-refractivity contribution in [1.29, 1.82) is 0 Å². The number of anilines is 1. The second-order valence-electron chi connectivity index (χ2n) is 10.0. The number of ether oxygens (including phenoxy) is 1. The fraction of sp³-hybridized carbons (Fsp3) is 0.345. The highest BCUT2D eigenvalue weighted by molar-refractivity contribution is 9.10. The molecule has 1 aliphatic carbocycles. The third-order valence-electron chi connectivity index (χ3n) is 7.55. The molecule has 1 aliphatic heterocycles. The van der Waals surface area contributed by atoms with Crippen molar-refractivity contribution in [3.8, 4) is 17.1 Å². The second-order valence-corrected chi connectivity index (χ2v) is 10.8. The minimum absolute atomic E-state index is 0.0116. The minimum atomic E-state index is -0.350. The van der Waals surface area contributed by atoms with E-state index in [1.54, 1.807) is 22.0 Å². The van der Waals surface area contributed by atoms with E-state index in [4.69, 9.17) is 4.74 Å². The lowest BCUT2D eigenvalue weighted by Gasteiger charge is -2.32. The number of likely N-dealkylation sites (tertiary alicyclic amines) is 1. The fourth-order valence-electron chi connectivity index (χ4n) is 5.64. The Morgan fingerprint density at radius 2 is 1.93 bits per heavy atom. The Labute approximate surface area is 245 Å². The van der Waals surface area contributed by atoms with Crippen molar-refractivity contribution >= 4 is 50.6 Å². The molecule has 1 saturated heterocycles. The van der Waals surface area contributed by atoms with Crippen LogP contribution in [-0.4, -0.2) is 73.9 Å². The summed E-state index contributed by atoms with van der Waals surface area (Å²) in [5, 5.41) is 8.04. The van der Waals surface area contributed by atoms with Crippen molar-refractivity contribution in [3.63, 3.8) is 0 Å². The lowest BCUT2D eigenvalue weighted by molar-refractivity contribution is -0.139. The van der Waals surface area contributed by atoms with Gasteiger partial charge >= 0.3 is 6.01 Å². The first-order valence-electron chi connectivity index (χ1n) is 13.3. The average molecular weight is 621 g/mol. The van der Waals surface area contributed by atoms with Gasteiger partial charge in [-0.1, -0.05) is 12.1 Å². The number of carbonyl (C=O) groups excluding carboxylic acids is 3. The highest BCUT2D eigenvalue weighted by Gasteiger charge is 2.47. The lowest BCUT2D eigenvalue weighted by Crippen LogP contribution is -2.47. The molecule has 212 valence electrons. The Balaban J connectivity index is 0.000000321. The Kier molecular flexibility index (Phi) is 8.39. The number of hydrogen-bond acceptors (Lipinski definition) is 9. The zero-order chi connectivity index (χ0) is 29.1. The highest BCUT2D eigenvalue weighted by Crippen LogP contribution is 2.41. The Morgan fingerprint density at radius 1 is 1.15 bits per heavy atom. The van der Waals surface area contributed by atoms with E-state index in [1.807, 2.05) is 43.4 Å². The predicted molar refractivity (Wildman–Crippen MR) is 157 cm³/mol. The SMILES string of the molecule is CNc1cccc(Br)n1.COc1ncc(-c2ccc3c(c2)c(C(C)=O)nn3CC(=O)N2C3CCC(C3)C2C=O)cn1. The van der Waals surface area contributed by atoms with E-state index in [0.717, 1.165) is 47.1 Å². The summed E-state index contributed by atoms with van der Waals surface area (Å²) >= 11 is 3.25. The first-order chi connectivity index (χ1) is 19.8. The smallest absolute Gasteiger partial charge is 0.316 e. The molecule has 1 amide bonds. The molecule has 1 aromatic carbocycles. The summed E-state index contributed by atoms with van der Waals surface area (Å²) in [6.45, 7) is 1.45. The number of aldehydes is 1. The van der Waals surface area contributed by atoms with Crippen LogP contribution in [0, 0.1) is 5.92 Å². The number of fused-ring (bicyclic) bond motifs is 3. The summed E-state index contributed by atoms with van der Waals surface area (Å²) in [7, 11) is 3.34. The topological polar surface area (TPSA) is 132 Å². The van der Waals surface area contributed by atoms with E-state index in [-0.39, 0.29) is 42.2 Å². The molecule has 2 fully saturated rings. The van der Waals surface area contributed by atoms with Crippen molar-refractivity contribution in [2.24, 2.45) is 5.92 Å². The number of halogens is 1. The third kappa shape index (κ3) is 5.83. The summed E-state index contributed by atoms with van der Waals surface area (Å²) in [6, 6.07) is 11.4. The van der Waals surface area contributed by atoms with E-state index in [1.165, 1.54) is 14.0 Å². The molecule has 2 bridgehead atoms. The number of rotatable bonds is 7. The van der Waals surface area contributed by atoms with Gasteiger partial charge in [0, 0.05) is 43.4 Å². The quantitative estimate of drug-likeness (QED) is 0.184. The molecule has 12 heteroatoms. The van der Waals surface area contributed by atoms with Crippen LogP contribution in [0.4, 0.5) is 5.82 Å². The molecule has 2 aliphatic rings. The monoisotopic (exact) mass is 619 g/mol. The van der Waals surface area contributed by atoms with Crippen LogP contribution < -0.4 is 10.1 Å². The number of aromatic nitrogens is 5. The summed E-state index contributed by atoms with van der Waals surface area (Å²) in [6.07, 6.45) is 7.02. The molecule has 3 atom stereocenters. The van der Waals surface area contributed by atoms with Gasteiger partial charge in [-0.2, -0.15) is 5.10 Å². The normalized spacial score (nSPS) is 19.0. The molecule has 4 aromatic rings. The third-order valence-corrected chi connectivity index (χ3v) is 8.00. The van der Waals surface area contributed by atoms with Crippen LogP contribution in [0.3, 0.4) is 0 Å². The second kappa shape index (κ2) is 12.1. The number of pyridine rings is 1. The van der Waals surface area contributed by atoms with Crippen LogP contribution in [0.1, 0.15) is 36.7 Å². The van der Waals surface area contributed by atoms with Gasteiger partial charge in [0.25, 0.3) is 0 Å². The molecule has 3 unspecified atom stereocenters. The number of amides is 1. The number of methoxy groups -OCH3 is 1. The fourth-order valence-corrected chi connectivity index (χ4v) is 5.98. The van der Waals surface area contributed by atoms with Gasteiger partial charge in [0.15, 0.2) is 5.78 Å². The molecule has 3 aromatic heterocycles. The van der Waals surface area contributed by atoms with Crippen molar-refractivity contribution in [3.05, 3.63) is 59.1 Å². The maximum Gasteiger partial charge on any atom is 0.316 e. The van der Waals surface area contributed by atoms with Crippen LogP contribution in [0.5, 0.6) is 6.01 Å². The van der Waals surface area contributed by atoms with Gasteiger partial charge < -0.3 is 19.7 Å². The molecule has 41 heavy (non-hydrogen) atoms. The molecular formula is C29H30BrN7O4. The highest BCUT2D eigenvalue weighted by atomic mass is 79.9. The minimum Gasteiger partial charge on any atom is -0.467 e. The first-order valence-corrected chi connectivity index (χ1v) is 14.1. The van der Waals surface area contributed by atoms with Crippen LogP contribution >= 0.6 is 15.9 Å². The van der Waals surface area contributed by atoms with E-state index < -0.39 is 0 Å². The summed E-state index contributed by atoms with van der Waals surface area (Å²) in [5.41, 5.74) is 2.59. The van der Waals surface area contributed by atoms with Crippen molar-refractivity contribution in [2.75, 3.05) is 19.5 Å². The Morgan fingerprint density at radius 3 is 2.56 bits per heavy atom. The molecular weight excluding hydrogens is 590 g/mol. The average Bonchev–Trinajstić information content (AvgIpc) is 3.71. The van der Waals surface area contributed by atoms with Crippen LogP contribution in [0.2, 0.25) is 0 Å². The number of piperidine rings is 1. The predicted octanol–water partition coefficient (Wildman–Crippen LogP) is 4.17. The van der Waals surface area contributed by atoms with Crippen molar-refractivity contribution in [2.45, 2.75) is 44.8 Å². The standard InChI is InChI=1S/C23H23N5O4.C6H7BrN2/c1-13(30)22-18-8-14(16-9-24-23(32-2)25-10-16)4-6-19(18)27(26-22)11-21(31)28-17-5-3-15(7-17)20(28)12-29;1-8-6-4-2-3-5(7)9-6/h4,6,8-10,12,15,17,20H,3,5,7,11H2,1-2H3;2-4H,1H3,(H,8,9). The van der Waals surface area contributed by atoms with Crippen molar-refractivity contribution < 1.29 is 19.1 Å². The van der Waals surface area contributed by atoms with Crippen LogP contribution in [0.15, 0.2) is 53.4 Å². The number of nitrogens with one attached hydrogen (secondary N) is 1. The van der Waals surface area contributed by atoms with E-state index >= 15 is 0 Å². The summed E-state index contributed by atoms with van der Waals surface area (Å²) < 4.78 is 7.43. The van der Waals surface area contributed by atoms with Gasteiger partial charge in [0.2, 0.25) is 5.91 Å². The largest absolute Gasteiger partial charge is 0.467 e. The molecule has 4 heterocycles. The van der Waals surface area contributed by atoms with Gasteiger partial charge in [-0.3, -0.25) is 14.3 Å². The maximum atomic E-state index is 13.1. The molecule has 0 radical (unpaired) electrons. The Bertz CT molecular complexity index is 1590. The number of ketones is 1. The summed E-state index contributed by atoms with van der Waals surface area (Å²) in [4.78, 5) is 51.1. The summed E-state index contributed by atoms with van der Waals surface area (Å²) in [5.74, 6) is 0.819. The van der Waals surface area contributed by atoms with Gasteiger partial charge in [0.05, 0.1) is 18.7 Å². The van der Waals surface area contributed by atoms with Gasteiger partial charge in [-0.05, 0) is 70.9 Å². The van der Waals surface area contributed by atoms with Crippen LogP contribution in [0.25, 0.3) is 22.0 Å². The van der Waals surface area contributed by atoms with Gasteiger partial charge in [-0.15, -0.1) is 0 Å². The molecule has 11 nitrogen and oxygen atoms in total. The van der Waals surface area contributed by atoms with Gasteiger partial charge in [-0.25, -0.2) is 15.0 Å². The first kappa shape index (κ1) is 28.3. The van der Waals surface area contributed by atoms with Crippen molar-refractivity contribution in [1.82, 2.24) is 29.6 Å². The van der Waals surface area contributed by atoms with Gasteiger partial charge in [0.1, 0.15) is 28.9 Å².